The van der Waals surface area contributed by atoms with Crippen LogP contribution in [0.2, 0.25) is 0 Å². The van der Waals surface area contributed by atoms with E-state index in [4.69, 9.17) is 0 Å². The Morgan fingerprint density at radius 2 is 2.36 bits per heavy atom. The minimum Gasteiger partial charge on any atom is -0.336 e. The van der Waals surface area contributed by atoms with E-state index in [1.165, 1.54) is 18.4 Å². The number of nitrogens with zero attached hydrogens (tertiary/aromatic N) is 1. The van der Waals surface area contributed by atoms with Gasteiger partial charge in [0.2, 0.25) is 0 Å². The Labute approximate surface area is 92.7 Å². The SMILES string of the molecule is CN(Cc1csc(Br)c1)C(=O)C(F)F. The molecule has 0 unspecified atom stereocenters. The molecule has 1 rings (SSSR count). The van der Waals surface area contributed by atoms with Crippen molar-refractivity contribution in [3.05, 3.63) is 20.8 Å². The van der Waals surface area contributed by atoms with Crippen molar-refractivity contribution in [1.29, 1.82) is 0 Å². The molecule has 1 aromatic rings. The van der Waals surface area contributed by atoms with Gasteiger partial charge in [0.05, 0.1) is 3.79 Å². The summed E-state index contributed by atoms with van der Waals surface area (Å²) in [5.74, 6) is -1.15. The lowest BCUT2D eigenvalue weighted by Crippen LogP contribution is -2.31. The molecule has 0 saturated heterocycles. The highest BCUT2D eigenvalue weighted by atomic mass is 79.9. The molecule has 0 aliphatic rings. The van der Waals surface area contributed by atoms with Gasteiger partial charge in [0, 0.05) is 13.6 Å². The lowest BCUT2D eigenvalue weighted by Gasteiger charge is -2.15. The van der Waals surface area contributed by atoms with Crippen molar-refractivity contribution >= 4 is 33.2 Å². The van der Waals surface area contributed by atoms with E-state index in [1.54, 1.807) is 6.07 Å². The van der Waals surface area contributed by atoms with E-state index in [0.717, 1.165) is 14.2 Å². The first-order valence-electron chi connectivity index (χ1n) is 3.76. The molecule has 1 heterocycles. The number of carbonyl (C=O) groups excluding carboxylic acids is 1. The largest absolute Gasteiger partial charge is 0.336 e. The smallest absolute Gasteiger partial charge is 0.315 e. The first-order chi connectivity index (χ1) is 6.50. The van der Waals surface area contributed by atoms with Crippen molar-refractivity contribution in [1.82, 2.24) is 4.90 Å². The highest BCUT2D eigenvalue weighted by Gasteiger charge is 2.20. The summed E-state index contributed by atoms with van der Waals surface area (Å²) >= 11 is 4.71. The van der Waals surface area contributed by atoms with Crippen LogP contribution in [0, 0.1) is 0 Å². The molecule has 2 nitrogen and oxygen atoms in total. The quantitative estimate of drug-likeness (QED) is 0.835. The highest BCUT2D eigenvalue weighted by molar-refractivity contribution is 9.11. The average molecular weight is 284 g/mol. The van der Waals surface area contributed by atoms with Crippen molar-refractivity contribution in [3.8, 4) is 0 Å². The summed E-state index contributed by atoms with van der Waals surface area (Å²) in [6.45, 7) is 0.214. The third kappa shape index (κ3) is 3.02. The Morgan fingerprint density at radius 1 is 1.71 bits per heavy atom. The van der Waals surface area contributed by atoms with Crippen LogP contribution in [0.3, 0.4) is 0 Å². The van der Waals surface area contributed by atoms with Crippen LogP contribution in [-0.2, 0) is 11.3 Å². The molecule has 0 radical (unpaired) electrons. The second kappa shape index (κ2) is 4.84. The van der Waals surface area contributed by atoms with Crippen LogP contribution in [0.15, 0.2) is 15.2 Å². The van der Waals surface area contributed by atoms with E-state index in [0.29, 0.717) is 0 Å². The van der Waals surface area contributed by atoms with Crippen LogP contribution >= 0.6 is 27.3 Å². The second-order valence-electron chi connectivity index (χ2n) is 2.75. The summed E-state index contributed by atoms with van der Waals surface area (Å²) in [6.07, 6.45) is -2.93. The Hall–Kier alpha value is -0.490. The van der Waals surface area contributed by atoms with Gasteiger partial charge in [-0.25, -0.2) is 0 Å². The summed E-state index contributed by atoms with van der Waals surface area (Å²) in [4.78, 5) is 11.8. The standard InChI is InChI=1S/C8H8BrF2NOS/c1-12(8(13)7(10)11)3-5-2-6(9)14-4-5/h2,4,7H,3H2,1H3. The Bertz CT molecular complexity index is 329. The predicted octanol–water partition coefficient (Wildman–Crippen LogP) is 2.73. The van der Waals surface area contributed by atoms with Gasteiger partial charge >= 0.3 is 6.43 Å². The average Bonchev–Trinajstić information content (AvgIpc) is 2.49. The predicted molar refractivity (Wildman–Crippen MR) is 54.5 cm³/mol. The molecule has 0 fully saturated rings. The van der Waals surface area contributed by atoms with E-state index < -0.39 is 12.3 Å². The minimum atomic E-state index is -2.93. The number of thiophene rings is 1. The lowest BCUT2D eigenvalue weighted by atomic mass is 10.3. The number of alkyl halides is 2. The molecule has 0 atom stereocenters. The minimum absolute atomic E-state index is 0.214. The first kappa shape index (κ1) is 11.6. The molecular weight excluding hydrogens is 276 g/mol. The van der Waals surface area contributed by atoms with E-state index in [-0.39, 0.29) is 6.54 Å². The zero-order valence-corrected chi connectivity index (χ0v) is 9.74. The van der Waals surface area contributed by atoms with Gasteiger partial charge in [-0.1, -0.05) is 0 Å². The molecule has 1 aromatic heterocycles. The molecule has 0 saturated carbocycles. The summed E-state index contributed by atoms with van der Waals surface area (Å²) in [5, 5.41) is 1.82. The molecule has 0 N–H and O–H groups in total. The van der Waals surface area contributed by atoms with E-state index in [2.05, 4.69) is 15.9 Å². The molecule has 0 bridgehead atoms. The molecule has 1 amide bonds. The summed E-state index contributed by atoms with van der Waals surface area (Å²) in [7, 11) is 1.36. The molecule has 14 heavy (non-hydrogen) atoms. The third-order valence-electron chi connectivity index (χ3n) is 1.60. The molecule has 0 aliphatic carbocycles. The molecule has 0 spiro atoms. The monoisotopic (exact) mass is 283 g/mol. The van der Waals surface area contributed by atoms with Crippen molar-refractivity contribution in [2.45, 2.75) is 13.0 Å². The Balaban J connectivity index is 2.57. The second-order valence-corrected chi connectivity index (χ2v) is 5.04. The van der Waals surface area contributed by atoms with E-state index in [1.807, 2.05) is 5.38 Å². The Morgan fingerprint density at radius 3 is 2.79 bits per heavy atom. The highest BCUT2D eigenvalue weighted by Crippen LogP contribution is 2.21. The molecule has 0 aliphatic heterocycles. The van der Waals surface area contributed by atoms with Crippen molar-refractivity contribution in [2.75, 3.05) is 7.05 Å². The van der Waals surface area contributed by atoms with Gasteiger partial charge in [0.15, 0.2) is 0 Å². The maximum Gasteiger partial charge on any atom is 0.315 e. The van der Waals surface area contributed by atoms with Crippen molar-refractivity contribution in [2.24, 2.45) is 0 Å². The molecular formula is C8H8BrF2NOS. The van der Waals surface area contributed by atoms with E-state index in [9.17, 15) is 13.6 Å². The van der Waals surface area contributed by atoms with Crippen LogP contribution in [0.4, 0.5) is 8.78 Å². The van der Waals surface area contributed by atoms with Crippen LogP contribution in [0.25, 0.3) is 0 Å². The van der Waals surface area contributed by atoms with Crippen molar-refractivity contribution < 1.29 is 13.6 Å². The number of carbonyl (C=O) groups is 1. The fraction of sp³-hybridized carbons (Fsp3) is 0.375. The van der Waals surface area contributed by atoms with Gasteiger partial charge in [-0.15, -0.1) is 11.3 Å². The molecule has 78 valence electrons. The molecule has 0 aromatic carbocycles. The van der Waals surface area contributed by atoms with Gasteiger partial charge in [-0.3, -0.25) is 4.79 Å². The topological polar surface area (TPSA) is 20.3 Å². The molecule has 6 heteroatoms. The number of hydrogen-bond donors (Lipinski definition) is 0. The maximum atomic E-state index is 12.0. The van der Waals surface area contributed by atoms with Gasteiger partial charge in [-0.05, 0) is 32.9 Å². The number of rotatable bonds is 3. The zero-order valence-electron chi connectivity index (χ0n) is 7.34. The normalized spacial score (nSPS) is 10.6. The van der Waals surface area contributed by atoms with Crippen LogP contribution in [0.1, 0.15) is 5.56 Å². The van der Waals surface area contributed by atoms with Crippen LogP contribution in [-0.4, -0.2) is 24.3 Å². The number of halogens is 3. The fourth-order valence-corrected chi connectivity index (χ4v) is 2.15. The van der Waals surface area contributed by atoms with Crippen LogP contribution in [0.5, 0.6) is 0 Å². The summed E-state index contributed by atoms with van der Waals surface area (Å²) in [6, 6.07) is 1.81. The number of hydrogen-bond acceptors (Lipinski definition) is 2. The first-order valence-corrected chi connectivity index (χ1v) is 5.44. The van der Waals surface area contributed by atoms with Gasteiger partial charge in [-0.2, -0.15) is 8.78 Å². The van der Waals surface area contributed by atoms with E-state index >= 15 is 0 Å². The lowest BCUT2D eigenvalue weighted by molar-refractivity contribution is -0.141. The van der Waals surface area contributed by atoms with Crippen molar-refractivity contribution in [3.63, 3.8) is 0 Å². The third-order valence-corrected chi connectivity index (χ3v) is 3.16. The maximum absolute atomic E-state index is 12.0. The Kier molecular flexibility index (Phi) is 4.00. The van der Waals surface area contributed by atoms with Gasteiger partial charge < -0.3 is 4.90 Å². The van der Waals surface area contributed by atoms with Gasteiger partial charge in [0.1, 0.15) is 0 Å². The van der Waals surface area contributed by atoms with Crippen LogP contribution < -0.4 is 0 Å². The summed E-state index contributed by atoms with van der Waals surface area (Å²) < 4.78 is 24.9. The van der Waals surface area contributed by atoms with Gasteiger partial charge in [0.25, 0.3) is 5.91 Å². The zero-order chi connectivity index (χ0) is 10.7. The summed E-state index contributed by atoms with van der Waals surface area (Å²) in [5.41, 5.74) is 0.846. The number of amides is 1. The fourth-order valence-electron chi connectivity index (χ4n) is 0.947.